The van der Waals surface area contributed by atoms with Gasteiger partial charge in [-0.3, -0.25) is 10.1 Å². The molecule has 1 atom stereocenters. The van der Waals surface area contributed by atoms with Crippen LogP contribution in [0.15, 0.2) is 18.2 Å². The summed E-state index contributed by atoms with van der Waals surface area (Å²) in [7, 11) is 1.45. The summed E-state index contributed by atoms with van der Waals surface area (Å²) in [5, 5.41) is 3.41. The van der Waals surface area contributed by atoms with Crippen molar-refractivity contribution < 1.29 is 13.9 Å². The van der Waals surface area contributed by atoms with Gasteiger partial charge in [0, 0.05) is 6.04 Å². The fraction of sp³-hybridized carbons (Fsp3) is 0.533. The van der Waals surface area contributed by atoms with E-state index in [9.17, 15) is 9.18 Å². The summed E-state index contributed by atoms with van der Waals surface area (Å²) < 4.78 is 18.8. The maximum Gasteiger partial charge on any atom is 0.244 e. The number of methoxy groups -OCH3 is 1. The highest BCUT2D eigenvalue weighted by Crippen LogP contribution is 2.49. The van der Waals surface area contributed by atoms with Crippen molar-refractivity contribution in [1.82, 2.24) is 10.2 Å². The highest BCUT2D eigenvalue weighted by atomic mass is 19.1. The number of nitrogens with zero attached hydrogens (tertiary/aromatic N) is 1. The Labute approximate surface area is 116 Å². The zero-order chi connectivity index (χ0) is 13.9. The van der Waals surface area contributed by atoms with Crippen LogP contribution in [0.2, 0.25) is 0 Å². The molecule has 1 unspecified atom stereocenters. The van der Waals surface area contributed by atoms with Crippen LogP contribution in [0.5, 0.6) is 5.75 Å². The number of carbonyl (C=O) groups is 1. The minimum absolute atomic E-state index is 0.196. The van der Waals surface area contributed by atoms with Gasteiger partial charge < -0.3 is 9.64 Å². The molecule has 0 bridgehead atoms. The van der Waals surface area contributed by atoms with E-state index in [0.717, 1.165) is 31.2 Å². The van der Waals surface area contributed by atoms with E-state index in [2.05, 4.69) is 5.32 Å². The summed E-state index contributed by atoms with van der Waals surface area (Å²) in [5.41, 5.74) is 0.441. The molecule has 1 aliphatic heterocycles. The number of carbonyl (C=O) groups excluding carboxylic acids is 1. The van der Waals surface area contributed by atoms with Gasteiger partial charge in [0.05, 0.1) is 7.11 Å². The topological polar surface area (TPSA) is 41.6 Å². The van der Waals surface area contributed by atoms with Gasteiger partial charge in [-0.1, -0.05) is 6.07 Å². The van der Waals surface area contributed by atoms with E-state index in [1.807, 2.05) is 11.0 Å². The van der Waals surface area contributed by atoms with E-state index >= 15 is 0 Å². The zero-order valence-electron chi connectivity index (χ0n) is 11.4. The van der Waals surface area contributed by atoms with Crippen LogP contribution in [-0.2, 0) is 4.79 Å². The fourth-order valence-corrected chi connectivity index (χ4v) is 3.07. The molecule has 5 heteroatoms. The standard InChI is InChI=1S/C15H17FN2O2/c1-20-12-5-2-9(8-11(12)16)13-17-15(6-7-15)14(19)18(13)10-3-4-10/h2,5,8,10,13,17H,3-4,6-7H2,1H3. The molecule has 2 saturated carbocycles. The monoisotopic (exact) mass is 276 g/mol. The van der Waals surface area contributed by atoms with Crippen molar-refractivity contribution >= 4 is 5.91 Å². The third-order valence-electron chi connectivity index (χ3n) is 4.52. The maximum atomic E-state index is 13.9. The van der Waals surface area contributed by atoms with Crippen LogP contribution in [0.4, 0.5) is 4.39 Å². The summed E-state index contributed by atoms with van der Waals surface area (Å²) in [6.07, 6.45) is 3.70. The second-order valence-electron chi connectivity index (χ2n) is 5.97. The summed E-state index contributed by atoms with van der Waals surface area (Å²) in [6.45, 7) is 0. The van der Waals surface area contributed by atoms with Gasteiger partial charge in [-0.25, -0.2) is 4.39 Å². The molecule has 1 amide bonds. The van der Waals surface area contributed by atoms with Gasteiger partial charge >= 0.3 is 0 Å². The molecule has 3 aliphatic rings. The highest BCUT2D eigenvalue weighted by molar-refractivity contribution is 5.92. The normalized spacial score (nSPS) is 27.2. The molecule has 2 aliphatic carbocycles. The lowest BCUT2D eigenvalue weighted by Crippen LogP contribution is -2.33. The SMILES string of the molecule is COc1ccc(C2NC3(CC3)C(=O)N2C2CC2)cc1F. The molecule has 4 rings (SSSR count). The van der Waals surface area contributed by atoms with Crippen LogP contribution in [0, 0.1) is 5.82 Å². The Morgan fingerprint density at radius 3 is 2.70 bits per heavy atom. The predicted octanol–water partition coefficient (Wildman–Crippen LogP) is 1.96. The van der Waals surface area contributed by atoms with Gasteiger partial charge in [-0.05, 0) is 43.4 Å². The number of amides is 1. The molecule has 0 radical (unpaired) electrons. The lowest BCUT2D eigenvalue weighted by atomic mass is 10.1. The smallest absolute Gasteiger partial charge is 0.244 e. The Kier molecular flexibility index (Phi) is 2.40. The molecule has 1 N–H and O–H groups in total. The zero-order valence-corrected chi connectivity index (χ0v) is 11.4. The number of rotatable bonds is 3. The number of benzene rings is 1. The predicted molar refractivity (Wildman–Crippen MR) is 70.7 cm³/mol. The number of nitrogens with one attached hydrogen (secondary N) is 1. The van der Waals surface area contributed by atoms with Crippen molar-refractivity contribution in [3.05, 3.63) is 29.6 Å². The van der Waals surface area contributed by atoms with E-state index < -0.39 is 0 Å². The van der Waals surface area contributed by atoms with Crippen molar-refractivity contribution in [2.75, 3.05) is 7.11 Å². The number of ether oxygens (including phenoxy) is 1. The van der Waals surface area contributed by atoms with Crippen LogP contribution < -0.4 is 10.1 Å². The second kappa shape index (κ2) is 3.95. The van der Waals surface area contributed by atoms with Crippen LogP contribution in [0.3, 0.4) is 0 Å². The lowest BCUT2D eigenvalue weighted by molar-refractivity contribution is -0.131. The largest absolute Gasteiger partial charge is 0.494 e. The number of hydrogen-bond donors (Lipinski definition) is 1. The summed E-state index contributed by atoms with van der Waals surface area (Å²) in [6, 6.07) is 5.26. The second-order valence-corrected chi connectivity index (χ2v) is 5.97. The quantitative estimate of drug-likeness (QED) is 0.917. The van der Waals surface area contributed by atoms with E-state index in [-0.39, 0.29) is 29.2 Å². The molecule has 1 saturated heterocycles. The molecule has 3 fully saturated rings. The first-order valence-corrected chi connectivity index (χ1v) is 7.08. The van der Waals surface area contributed by atoms with E-state index in [4.69, 9.17) is 4.74 Å². The highest BCUT2D eigenvalue weighted by Gasteiger charge is 2.61. The lowest BCUT2D eigenvalue weighted by Gasteiger charge is -2.24. The van der Waals surface area contributed by atoms with Crippen molar-refractivity contribution in [3.63, 3.8) is 0 Å². The molecule has 20 heavy (non-hydrogen) atoms. The Morgan fingerprint density at radius 2 is 2.15 bits per heavy atom. The van der Waals surface area contributed by atoms with E-state index in [0.29, 0.717) is 6.04 Å². The Balaban J connectivity index is 1.69. The van der Waals surface area contributed by atoms with Gasteiger partial charge in [0.2, 0.25) is 5.91 Å². The first-order valence-electron chi connectivity index (χ1n) is 7.08. The number of halogens is 1. The van der Waals surface area contributed by atoms with Gasteiger partial charge in [0.1, 0.15) is 11.7 Å². The molecule has 4 nitrogen and oxygen atoms in total. The fourth-order valence-electron chi connectivity index (χ4n) is 3.07. The van der Waals surface area contributed by atoms with Gasteiger partial charge in [-0.2, -0.15) is 0 Å². The number of hydrogen-bond acceptors (Lipinski definition) is 3. The van der Waals surface area contributed by atoms with Crippen LogP contribution in [0.1, 0.15) is 37.4 Å². The van der Waals surface area contributed by atoms with Gasteiger partial charge in [-0.15, -0.1) is 0 Å². The summed E-state index contributed by atoms with van der Waals surface area (Å²) in [4.78, 5) is 14.4. The van der Waals surface area contributed by atoms with Crippen molar-refractivity contribution in [2.24, 2.45) is 0 Å². The molecular weight excluding hydrogens is 259 g/mol. The molecule has 1 aromatic carbocycles. The van der Waals surface area contributed by atoms with Crippen molar-refractivity contribution in [3.8, 4) is 5.75 Å². The van der Waals surface area contributed by atoms with Crippen molar-refractivity contribution in [2.45, 2.75) is 43.4 Å². The minimum Gasteiger partial charge on any atom is -0.494 e. The summed E-state index contributed by atoms with van der Waals surface area (Å²) in [5.74, 6) is 0.0464. The van der Waals surface area contributed by atoms with Crippen LogP contribution in [0.25, 0.3) is 0 Å². The molecule has 1 spiro atoms. The Bertz CT molecular complexity index is 581. The molecule has 106 valence electrons. The molecular formula is C15H17FN2O2. The molecule has 1 heterocycles. The van der Waals surface area contributed by atoms with Crippen LogP contribution in [-0.4, -0.2) is 29.5 Å². The van der Waals surface area contributed by atoms with Crippen LogP contribution >= 0.6 is 0 Å². The van der Waals surface area contributed by atoms with E-state index in [1.54, 1.807) is 6.07 Å². The first-order chi connectivity index (χ1) is 9.64. The summed E-state index contributed by atoms with van der Waals surface area (Å²) >= 11 is 0. The van der Waals surface area contributed by atoms with Gasteiger partial charge in [0.15, 0.2) is 11.6 Å². The van der Waals surface area contributed by atoms with Gasteiger partial charge in [0.25, 0.3) is 0 Å². The maximum absolute atomic E-state index is 13.9. The van der Waals surface area contributed by atoms with E-state index in [1.165, 1.54) is 13.2 Å². The third kappa shape index (κ3) is 1.66. The average molecular weight is 276 g/mol. The Morgan fingerprint density at radius 1 is 1.40 bits per heavy atom. The third-order valence-corrected chi connectivity index (χ3v) is 4.52. The average Bonchev–Trinajstić information content (AvgIpc) is 3.32. The molecule has 0 aromatic heterocycles. The minimum atomic E-state index is -0.383. The first kappa shape index (κ1) is 12.1. The Hall–Kier alpha value is -1.62. The van der Waals surface area contributed by atoms with Crippen molar-refractivity contribution in [1.29, 1.82) is 0 Å². The molecule has 1 aromatic rings.